The highest BCUT2D eigenvalue weighted by Crippen LogP contribution is 2.19. The molecule has 1 aromatic carbocycles. The minimum Gasteiger partial charge on any atom is -0.350 e. The summed E-state index contributed by atoms with van der Waals surface area (Å²) in [5, 5.41) is 3.87. The van der Waals surface area contributed by atoms with E-state index >= 15 is 0 Å². The van der Waals surface area contributed by atoms with Gasteiger partial charge in [0.15, 0.2) is 5.16 Å². The van der Waals surface area contributed by atoms with Crippen LogP contribution < -0.4 is 5.32 Å². The van der Waals surface area contributed by atoms with Gasteiger partial charge in [0.2, 0.25) is 5.91 Å². The van der Waals surface area contributed by atoms with Crippen molar-refractivity contribution in [3.05, 3.63) is 52.3 Å². The fraction of sp³-hybridized carbons (Fsp3) is 0.421. The molecule has 5 heteroatoms. The molecule has 1 N–H and O–H groups in total. The van der Waals surface area contributed by atoms with Gasteiger partial charge >= 0.3 is 0 Å². The van der Waals surface area contributed by atoms with E-state index in [4.69, 9.17) is 0 Å². The first-order chi connectivity index (χ1) is 11.4. The molecule has 2 rings (SSSR count). The predicted molar refractivity (Wildman–Crippen MR) is 99.3 cm³/mol. The highest BCUT2D eigenvalue weighted by molar-refractivity contribution is 7.98. The average molecular weight is 343 g/mol. The number of carbonyl (C=O) groups is 1. The zero-order valence-corrected chi connectivity index (χ0v) is 15.8. The molecule has 4 nitrogen and oxygen atoms in total. The van der Waals surface area contributed by atoms with Gasteiger partial charge in [-0.1, -0.05) is 36.0 Å². The van der Waals surface area contributed by atoms with Crippen molar-refractivity contribution in [2.75, 3.05) is 6.26 Å². The van der Waals surface area contributed by atoms with E-state index in [1.165, 1.54) is 17.3 Å². The first-order valence-corrected chi connectivity index (χ1v) is 9.37. The van der Waals surface area contributed by atoms with Crippen LogP contribution in [0.25, 0.3) is 0 Å². The third-order valence-corrected chi connectivity index (χ3v) is 4.76. The van der Waals surface area contributed by atoms with Crippen LogP contribution in [0.3, 0.4) is 0 Å². The predicted octanol–water partition coefficient (Wildman–Crippen LogP) is 3.93. The van der Waals surface area contributed by atoms with Crippen molar-refractivity contribution in [1.82, 2.24) is 15.3 Å². The third kappa shape index (κ3) is 4.57. The molecular weight excluding hydrogens is 318 g/mol. The number of carbonyl (C=O) groups excluding carboxylic acids is 1. The molecule has 0 aliphatic heterocycles. The van der Waals surface area contributed by atoms with Crippen molar-refractivity contribution in [3.8, 4) is 0 Å². The summed E-state index contributed by atoms with van der Waals surface area (Å²) in [5.74, 6) is 0.0542. The van der Waals surface area contributed by atoms with Gasteiger partial charge in [-0.2, -0.15) is 0 Å². The molecule has 24 heavy (non-hydrogen) atoms. The maximum Gasteiger partial charge on any atom is 0.220 e. The van der Waals surface area contributed by atoms with Crippen molar-refractivity contribution in [3.63, 3.8) is 0 Å². The summed E-state index contributed by atoms with van der Waals surface area (Å²) in [6.07, 6.45) is 3.08. The lowest BCUT2D eigenvalue weighted by Gasteiger charge is -2.17. The van der Waals surface area contributed by atoms with Gasteiger partial charge in [-0.3, -0.25) is 4.79 Å². The smallest absolute Gasteiger partial charge is 0.220 e. The largest absolute Gasteiger partial charge is 0.350 e. The van der Waals surface area contributed by atoms with Crippen LogP contribution in [0.1, 0.15) is 47.5 Å². The van der Waals surface area contributed by atoms with Crippen LogP contribution in [0.4, 0.5) is 0 Å². The van der Waals surface area contributed by atoms with Gasteiger partial charge in [0.05, 0.1) is 6.04 Å². The molecule has 1 heterocycles. The van der Waals surface area contributed by atoms with Crippen LogP contribution in [-0.2, 0) is 11.2 Å². The van der Waals surface area contributed by atoms with Crippen LogP contribution in [0, 0.1) is 20.8 Å². The summed E-state index contributed by atoms with van der Waals surface area (Å²) in [7, 11) is 0. The molecule has 0 saturated heterocycles. The van der Waals surface area contributed by atoms with Crippen molar-refractivity contribution in [1.29, 1.82) is 0 Å². The minimum absolute atomic E-state index is 0.0102. The highest BCUT2D eigenvalue weighted by Gasteiger charge is 2.14. The zero-order valence-electron chi connectivity index (χ0n) is 15.0. The molecular formula is C19H25N3OS. The highest BCUT2D eigenvalue weighted by atomic mass is 32.2. The Hall–Kier alpha value is -1.88. The van der Waals surface area contributed by atoms with Crippen LogP contribution in [-0.4, -0.2) is 22.1 Å². The van der Waals surface area contributed by atoms with E-state index in [0.717, 1.165) is 27.7 Å². The van der Waals surface area contributed by atoms with Gasteiger partial charge in [0.25, 0.3) is 0 Å². The summed E-state index contributed by atoms with van der Waals surface area (Å²) in [6, 6.07) is 8.15. The van der Waals surface area contributed by atoms with Crippen molar-refractivity contribution < 1.29 is 4.79 Å². The lowest BCUT2D eigenvalue weighted by atomic mass is 10.0. The summed E-state index contributed by atoms with van der Waals surface area (Å²) in [4.78, 5) is 21.2. The molecule has 0 spiro atoms. The van der Waals surface area contributed by atoms with Crippen molar-refractivity contribution in [2.45, 2.75) is 51.7 Å². The second kappa shape index (κ2) is 8.29. The number of nitrogens with one attached hydrogen (secondary N) is 1. The van der Waals surface area contributed by atoms with E-state index in [1.54, 1.807) is 0 Å². The van der Waals surface area contributed by atoms with Crippen LogP contribution in [0.5, 0.6) is 0 Å². The molecule has 0 radical (unpaired) electrons. The van der Waals surface area contributed by atoms with E-state index in [2.05, 4.69) is 34.3 Å². The fourth-order valence-electron chi connectivity index (χ4n) is 2.86. The van der Waals surface area contributed by atoms with Crippen LogP contribution in [0.2, 0.25) is 0 Å². The zero-order chi connectivity index (χ0) is 17.7. The molecule has 1 aromatic heterocycles. The molecule has 0 fully saturated rings. The Balaban J connectivity index is 1.98. The van der Waals surface area contributed by atoms with Gasteiger partial charge < -0.3 is 5.32 Å². The van der Waals surface area contributed by atoms with Gasteiger partial charge in [-0.15, -0.1) is 0 Å². The molecule has 1 amide bonds. The lowest BCUT2D eigenvalue weighted by Crippen LogP contribution is -2.27. The Labute approximate surface area is 148 Å². The van der Waals surface area contributed by atoms with E-state index < -0.39 is 0 Å². The van der Waals surface area contributed by atoms with Crippen molar-refractivity contribution >= 4 is 17.7 Å². The second-order valence-corrected chi connectivity index (χ2v) is 6.78. The van der Waals surface area contributed by atoms with Gasteiger partial charge in [-0.05, 0) is 57.1 Å². The standard InChI is InChI=1S/C19H25N3OS/c1-12-8-6-7-9-16(12)13(2)20-18(23)11-10-17-14(3)21-19(24-5)22-15(17)4/h6-9,13H,10-11H2,1-5H3,(H,20,23)/t13-/m0/s1. The number of hydrogen-bond donors (Lipinski definition) is 1. The number of benzene rings is 1. The monoisotopic (exact) mass is 343 g/mol. The molecule has 0 unspecified atom stereocenters. The second-order valence-electron chi connectivity index (χ2n) is 6.01. The molecule has 2 aromatic rings. The van der Waals surface area contributed by atoms with Gasteiger partial charge in [-0.25, -0.2) is 9.97 Å². The number of amides is 1. The minimum atomic E-state index is 0.0102. The molecule has 1 atom stereocenters. The number of rotatable bonds is 6. The number of aryl methyl sites for hydroxylation is 3. The molecule has 0 saturated carbocycles. The average Bonchev–Trinajstić information content (AvgIpc) is 2.54. The number of aromatic nitrogens is 2. The summed E-state index contributed by atoms with van der Waals surface area (Å²) in [6.45, 7) is 8.05. The summed E-state index contributed by atoms with van der Waals surface area (Å²) >= 11 is 1.54. The Kier molecular flexibility index (Phi) is 6.37. The van der Waals surface area contributed by atoms with E-state index in [1.807, 2.05) is 39.2 Å². The number of hydrogen-bond acceptors (Lipinski definition) is 4. The third-order valence-electron chi connectivity index (χ3n) is 4.22. The topological polar surface area (TPSA) is 54.9 Å². The molecule has 0 bridgehead atoms. The maximum absolute atomic E-state index is 12.3. The van der Waals surface area contributed by atoms with Gasteiger partial charge in [0.1, 0.15) is 0 Å². The Bertz CT molecular complexity index is 707. The number of nitrogens with zero attached hydrogens (tertiary/aromatic N) is 2. The van der Waals surface area contributed by atoms with Crippen molar-refractivity contribution in [2.24, 2.45) is 0 Å². The SMILES string of the molecule is CSc1nc(C)c(CCC(=O)N[C@@H](C)c2ccccc2C)c(C)n1. The Morgan fingerprint density at radius 2 is 1.79 bits per heavy atom. The fourth-order valence-corrected chi connectivity index (χ4v) is 3.32. The summed E-state index contributed by atoms with van der Waals surface area (Å²) in [5.41, 5.74) is 5.36. The van der Waals surface area contributed by atoms with Crippen LogP contribution >= 0.6 is 11.8 Å². The Morgan fingerprint density at radius 1 is 1.17 bits per heavy atom. The maximum atomic E-state index is 12.3. The van der Waals surface area contributed by atoms with Crippen LogP contribution in [0.15, 0.2) is 29.4 Å². The molecule has 0 aliphatic carbocycles. The van der Waals surface area contributed by atoms with Gasteiger partial charge in [0, 0.05) is 17.8 Å². The first-order valence-electron chi connectivity index (χ1n) is 8.15. The quantitative estimate of drug-likeness (QED) is 0.638. The Morgan fingerprint density at radius 3 is 2.38 bits per heavy atom. The normalized spacial score (nSPS) is 12.0. The lowest BCUT2D eigenvalue weighted by molar-refractivity contribution is -0.121. The molecule has 128 valence electrons. The molecule has 0 aliphatic rings. The van der Waals surface area contributed by atoms with E-state index in [-0.39, 0.29) is 11.9 Å². The van der Waals surface area contributed by atoms with E-state index in [9.17, 15) is 4.79 Å². The number of thioether (sulfide) groups is 1. The first kappa shape index (κ1) is 18.5. The summed E-state index contributed by atoms with van der Waals surface area (Å²) < 4.78 is 0. The van der Waals surface area contributed by atoms with E-state index in [0.29, 0.717) is 12.8 Å².